The number of benzene rings is 3. The summed E-state index contributed by atoms with van der Waals surface area (Å²) in [5.74, 6) is -0.108. The van der Waals surface area contributed by atoms with E-state index in [2.05, 4.69) is 0 Å². The van der Waals surface area contributed by atoms with E-state index in [1.807, 2.05) is 49.1 Å². The van der Waals surface area contributed by atoms with Gasteiger partial charge in [-0.3, -0.25) is 9.59 Å². The maximum absolute atomic E-state index is 13.7. The number of hydrogen-bond acceptors (Lipinski definition) is 4. The van der Waals surface area contributed by atoms with E-state index in [1.165, 1.54) is 0 Å². The fourth-order valence-electron chi connectivity index (χ4n) is 3.84. The number of nitrogens with zero attached hydrogens (tertiary/aromatic N) is 2. The van der Waals surface area contributed by atoms with Gasteiger partial charge in [-0.2, -0.15) is 0 Å². The van der Waals surface area contributed by atoms with Crippen LogP contribution in [0.2, 0.25) is 5.02 Å². The van der Waals surface area contributed by atoms with E-state index in [0.717, 1.165) is 10.6 Å². The third kappa shape index (κ3) is 3.87. The minimum atomic E-state index is -0.406. The predicted octanol–water partition coefficient (Wildman–Crippen LogP) is 5.55. The highest BCUT2D eigenvalue weighted by Crippen LogP contribution is 2.39. The van der Waals surface area contributed by atoms with Crippen LogP contribution in [0.1, 0.15) is 19.4 Å². The molecule has 0 spiro atoms. The minimum Gasteiger partial charge on any atom is -0.494 e. The van der Waals surface area contributed by atoms with Gasteiger partial charge in [0.2, 0.25) is 0 Å². The van der Waals surface area contributed by atoms with Crippen molar-refractivity contribution in [3.63, 3.8) is 0 Å². The normalized spacial score (nSPS) is 13.7. The van der Waals surface area contributed by atoms with Crippen molar-refractivity contribution in [1.82, 2.24) is 0 Å². The number of amides is 2. The monoisotopic (exact) mass is 446 g/mol. The fraction of sp³-hybridized carbons (Fsp3) is 0.154. The van der Waals surface area contributed by atoms with E-state index in [4.69, 9.17) is 16.3 Å². The van der Waals surface area contributed by atoms with E-state index in [0.29, 0.717) is 46.4 Å². The first-order valence-electron chi connectivity index (χ1n) is 10.5. The summed E-state index contributed by atoms with van der Waals surface area (Å²) in [6.45, 7) is 4.91. The van der Waals surface area contributed by atoms with Crippen molar-refractivity contribution in [3.8, 4) is 5.75 Å². The Morgan fingerprint density at radius 1 is 0.844 bits per heavy atom. The predicted molar refractivity (Wildman–Crippen MR) is 128 cm³/mol. The third-order valence-corrected chi connectivity index (χ3v) is 5.58. The van der Waals surface area contributed by atoms with E-state index in [9.17, 15) is 9.59 Å². The zero-order valence-corrected chi connectivity index (χ0v) is 18.7. The van der Waals surface area contributed by atoms with Crippen LogP contribution < -0.4 is 14.5 Å². The van der Waals surface area contributed by atoms with E-state index < -0.39 is 11.8 Å². The summed E-state index contributed by atoms with van der Waals surface area (Å²) in [7, 11) is 0. The van der Waals surface area contributed by atoms with Crippen LogP contribution in [0.15, 0.2) is 84.6 Å². The largest absolute Gasteiger partial charge is 0.494 e. The molecule has 0 atom stereocenters. The van der Waals surface area contributed by atoms with Crippen LogP contribution in [0.5, 0.6) is 5.75 Å². The van der Waals surface area contributed by atoms with E-state index in [1.54, 1.807) is 48.5 Å². The van der Waals surface area contributed by atoms with Crippen molar-refractivity contribution in [1.29, 1.82) is 0 Å². The van der Waals surface area contributed by atoms with Gasteiger partial charge in [0.1, 0.15) is 11.4 Å². The Bertz CT molecular complexity index is 1170. The Morgan fingerprint density at radius 2 is 1.50 bits per heavy atom. The topological polar surface area (TPSA) is 49.9 Å². The van der Waals surface area contributed by atoms with Gasteiger partial charge in [-0.1, -0.05) is 54.1 Å². The number of anilines is 2. The second-order valence-electron chi connectivity index (χ2n) is 7.16. The van der Waals surface area contributed by atoms with Gasteiger partial charge >= 0.3 is 0 Å². The molecule has 0 aliphatic carbocycles. The van der Waals surface area contributed by atoms with Crippen LogP contribution >= 0.6 is 11.6 Å². The van der Waals surface area contributed by atoms with Crippen LogP contribution in [0, 0.1) is 0 Å². The summed E-state index contributed by atoms with van der Waals surface area (Å²) in [6, 6.07) is 23.6. The molecular formula is C26H23ClN2O3. The van der Waals surface area contributed by atoms with Gasteiger partial charge < -0.3 is 9.64 Å². The van der Waals surface area contributed by atoms with Gasteiger partial charge in [-0.25, -0.2) is 4.90 Å². The quantitative estimate of drug-likeness (QED) is 0.446. The van der Waals surface area contributed by atoms with Gasteiger partial charge in [0.05, 0.1) is 22.9 Å². The Kier molecular flexibility index (Phi) is 6.28. The molecule has 1 aliphatic rings. The first-order chi connectivity index (χ1) is 15.6. The van der Waals surface area contributed by atoms with Gasteiger partial charge in [0.15, 0.2) is 0 Å². The number of carbonyl (C=O) groups is 2. The molecule has 2 amide bonds. The maximum Gasteiger partial charge on any atom is 0.282 e. The van der Waals surface area contributed by atoms with Crippen molar-refractivity contribution < 1.29 is 14.3 Å². The summed E-state index contributed by atoms with van der Waals surface area (Å²) in [4.78, 5) is 30.4. The van der Waals surface area contributed by atoms with Gasteiger partial charge in [-0.15, -0.1) is 0 Å². The Morgan fingerprint density at radius 3 is 2.12 bits per heavy atom. The lowest BCUT2D eigenvalue weighted by atomic mass is 10.0. The number of hydrogen-bond donors (Lipinski definition) is 0. The van der Waals surface area contributed by atoms with Crippen molar-refractivity contribution in [2.45, 2.75) is 13.8 Å². The number of imide groups is 1. The van der Waals surface area contributed by atoms with E-state index in [-0.39, 0.29) is 0 Å². The zero-order chi connectivity index (χ0) is 22.7. The number of carbonyl (C=O) groups excluding carboxylic acids is 2. The molecule has 0 radical (unpaired) electrons. The molecule has 1 heterocycles. The molecule has 0 unspecified atom stereocenters. The smallest absolute Gasteiger partial charge is 0.282 e. The highest BCUT2D eigenvalue weighted by Gasteiger charge is 2.43. The molecule has 32 heavy (non-hydrogen) atoms. The molecule has 0 aromatic heterocycles. The average molecular weight is 447 g/mol. The molecule has 6 heteroatoms. The highest BCUT2D eigenvalue weighted by molar-refractivity contribution is 6.48. The molecule has 0 N–H and O–H groups in total. The van der Waals surface area contributed by atoms with Crippen molar-refractivity contribution in [3.05, 3.63) is 95.1 Å². The van der Waals surface area contributed by atoms with Crippen LogP contribution in [-0.4, -0.2) is 25.0 Å². The molecule has 0 bridgehead atoms. The first kappa shape index (κ1) is 21.7. The first-order valence-corrected chi connectivity index (χ1v) is 10.9. The number of rotatable bonds is 7. The second-order valence-corrected chi connectivity index (χ2v) is 7.57. The SMILES string of the molecule is CCOc1ccc(C2=C(N(CC)c3ccccc3)C(=O)N(c3ccccc3Cl)C2=O)cc1. The van der Waals surface area contributed by atoms with E-state index >= 15 is 0 Å². The van der Waals surface area contributed by atoms with Crippen molar-refractivity contribution in [2.24, 2.45) is 0 Å². The molecule has 162 valence electrons. The summed E-state index contributed by atoms with van der Waals surface area (Å²) in [5.41, 5.74) is 2.50. The molecule has 5 nitrogen and oxygen atoms in total. The molecular weight excluding hydrogens is 424 g/mol. The third-order valence-electron chi connectivity index (χ3n) is 5.26. The molecule has 1 aliphatic heterocycles. The number of likely N-dealkylation sites (N-methyl/N-ethyl adjacent to an activating group) is 1. The minimum absolute atomic E-state index is 0.327. The van der Waals surface area contributed by atoms with Crippen LogP contribution in [0.4, 0.5) is 11.4 Å². The molecule has 3 aromatic carbocycles. The lowest BCUT2D eigenvalue weighted by Gasteiger charge is -2.25. The lowest BCUT2D eigenvalue weighted by Crippen LogP contribution is -2.35. The van der Waals surface area contributed by atoms with Gasteiger partial charge in [0, 0.05) is 12.2 Å². The van der Waals surface area contributed by atoms with Crippen LogP contribution in [0.25, 0.3) is 5.57 Å². The highest BCUT2D eigenvalue weighted by atomic mass is 35.5. The second kappa shape index (κ2) is 9.28. The molecule has 3 aromatic rings. The zero-order valence-electron chi connectivity index (χ0n) is 17.9. The number of halogens is 1. The molecule has 0 fully saturated rings. The molecule has 4 rings (SSSR count). The molecule has 0 saturated heterocycles. The van der Waals surface area contributed by atoms with Gasteiger partial charge in [0.25, 0.3) is 11.8 Å². The standard InChI is InChI=1S/C26H23ClN2O3/c1-3-28(19-10-6-5-7-11-19)24-23(18-14-16-20(17-15-18)32-4-2)25(30)29(26(24)31)22-13-9-8-12-21(22)27/h5-17H,3-4H2,1-2H3. The molecule has 0 saturated carbocycles. The fourth-order valence-corrected chi connectivity index (χ4v) is 4.06. The summed E-state index contributed by atoms with van der Waals surface area (Å²) < 4.78 is 5.54. The Balaban J connectivity index is 1.89. The number of ether oxygens (including phenoxy) is 1. The lowest BCUT2D eigenvalue weighted by molar-refractivity contribution is -0.120. The summed E-state index contributed by atoms with van der Waals surface area (Å²) >= 11 is 6.37. The Hall–Kier alpha value is -3.57. The van der Waals surface area contributed by atoms with Gasteiger partial charge in [-0.05, 0) is 55.8 Å². The summed E-state index contributed by atoms with van der Waals surface area (Å²) in [5, 5.41) is 0.337. The average Bonchev–Trinajstić information content (AvgIpc) is 3.06. The number of para-hydroxylation sites is 2. The van der Waals surface area contributed by atoms with Crippen molar-refractivity contribution >= 4 is 40.4 Å². The summed E-state index contributed by atoms with van der Waals surface area (Å²) in [6.07, 6.45) is 0. The van der Waals surface area contributed by atoms with Crippen molar-refractivity contribution in [2.75, 3.05) is 23.0 Å². The van der Waals surface area contributed by atoms with Crippen LogP contribution in [-0.2, 0) is 9.59 Å². The van der Waals surface area contributed by atoms with Crippen LogP contribution in [0.3, 0.4) is 0 Å². The Labute approximate surface area is 192 Å². The maximum atomic E-state index is 13.7.